The van der Waals surface area contributed by atoms with Crippen LogP contribution in [0.25, 0.3) is 22.8 Å². The molecule has 4 aromatic rings. The highest BCUT2D eigenvalue weighted by molar-refractivity contribution is 7.98. The van der Waals surface area contributed by atoms with Gasteiger partial charge in [0.25, 0.3) is 0 Å². The number of pyridine rings is 1. The van der Waals surface area contributed by atoms with Gasteiger partial charge in [0.05, 0.1) is 10.8 Å². The average Bonchev–Trinajstić information content (AvgIpc) is 3.35. The van der Waals surface area contributed by atoms with Crippen LogP contribution < -0.4 is 0 Å². The molecule has 3 aromatic heterocycles. The Morgan fingerprint density at radius 2 is 1.93 bits per heavy atom. The Morgan fingerprint density at radius 1 is 1.11 bits per heavy atom. The van der Waals surface area contributed by atoms with Crippen LogP contribution in [0.4, 0.5) is 0 Å². The molecule has 0 aliphatic carbocycles. The van der Waals surface area contributed by atoms with Gasteiger partial charge in [-0.3, -0.25) is 4.98 Å². The molecule has 1 aromatic carbocycles. The van der Waals surface area contributed by atoms with Crippen molar-refractivity contribution in [1.29, 1.82) is 0 Å². The Kier molecular flexibility index (Phi) is 5.68. The molecule has 0 N–H and O–H groups in total. The van der Waals surface area contributed by atoms with Crippen molar-refractivity contribution in [2.45, 2.75) is 30.8 Å². The molecule has 0 unspecified atom stereocenters. The summed E-state index contributed by atoms with van der Waals surface area (Å²) >= 11 is 7.72. The Labute approximate surface area is 171 Å². The molecule has 7 nitrogen and oxygen atoms in total. The Balaban J connectivity index is 1.53. The van der Waals surface area contributed by atoms with Gasteiger partial charge in [0.15, 0.2) is 11.0 Å². The molecule has 0 radical (unpaired) electrons. The molecule has 0 atom stereocenters. The van der Waals surface area contributed by atoms with Crippen molar-refractivity contribution in [1.82, 2.24) is 29.9 Å². The first-order valence-electron chi connectivity index (χ1n) is 8.80. The summed E-state index contributed by atoms with van der Waals surface area (Å²) in [5.74, 6) is 2.31. The second-order valence-corrected chi connectivity index (χ2v) is 7.32. The van der Waals surface area contributed by atoms with E-state index in [1.54, 1.807) is 18.5 Å². The van der Waals surface area contributed by atoms with Gasteiger partial charge >= 0.3 is 0 Å². The minimum Gasteiger partial charge on any atom is -0.338 e. The third-order valence-electron chi connectivity index (χ3n) is 4.01. The summed E-state index contributed by atoms with van der Waals surface area (Å²) in [7, 11) is 0. The number of aromatic nitrogens is 6. The van der Waals surface area contributed by atoms with E-state index < -0.39 is 0 Å². The normalized spacial score (nSPS) is 11.1. The number of nitrogens with zero attached hydrogens (tertiary/aromatic N) is 6. The number of hydrogen-bond acceptors (Lipinski definition) is 7. The fourth-order valence-electron chi connectivity index (χ4n) is 2.73. The van der Waals surface area contributed by atoms with Gasteiger partial charge in [0.1, 0.15) is 0 Å². The van der Waals surface area contributed by atoms with Crippen LogP contribution in [0.3, 0.4) is 0 Å². The first-order chi connectivity index (χ1) is 13.8. The molecule has 4 rings (SSSR count). The van der Waals surface area contributed by atoms with Crippen molar-refractivity contribution in [3.05, 3.63) is 59.7 Å². The third-order valence-corrected chi connectivity index (χ3v) is 5.29. The predicted molar refractivity (Wildman–Crippen MR) is 108 cm³/mol. The zero-order valence-corrected chi connectivity index (χ0v) is 16.7. The average molecular weight is 413 g/mol. The Morgan fingerprint density at radius 3 is 2.71 bits per heavy atom. The summed E-state index contributed by atoms with van der Waals surface area (Å²) in [6.07, 6.45) is 4.48. The van der Waals surface area contributed by atoms with E-state index in [0.29, 0.717) is 22.5 Å². The summed E-state index contributed by atoms with van der Waals surface area (Å²) in [5.41, 5.74) is 1.74. The van der Waals surface area contributed by atoms with Gasteiger partial charge in [-0.2, -0.15) is 4.98 Å². The molecule has 0 aliphatic rings. The van der Waals surface area contributed by atoms with Crippen LogP contribution in [0.5, 0.6) is 0 Å². The van der Waals surface area contributed by atoms with Gasteiger partial charge in [-0.25, -0.2) is 0 Å². The first-order valence-corrected chi connectivity index (χ1v) is 10.2. The van der Waals surface area contributed by atoms with E-state index in [1.807, 2.05) is 30.3 Å². The molecule has 0 spiro atoms. The molecule has 142 valence electrons. The predicted octanol–water partition coefficient (Wildman–Crippen LogP) is 4.75. The highest BCUT2D eigenvalue weighted by Crippen LogP contribution is 2.28. The van der Waals surface area contributed by atoms with Gasteiger partial charge in [-0.15, -0.1) is 10.2 Å². The number of thioether (sulfide) groups is 1. The fraction of sp³-hybridized carbons (Fsp3) is 0.211. The monoisotopic (exact) mass is 412 g/mol. The largest absolute Gasteiger partial charge is 0.338 e. The van der Waals surface area contributed by atoms with Gasteiger partial charge in [0.2, 0.25) is 11.7 Å². The van der Waals surface area contributed by atoms with Crippen LogP contribution in [0.2, 0.25) is 5.02 Å². The lowest BCUT2D eigenvalue weighted by atomic mass is 10.2. The summed E-state index contributed by atoms with van der Waals surface area (Å²) in [6, 6.07) is 11.3. The molecule has 0 fully saturated rings. The quantitative estimate of drug-likeness (QED) is 0.405. The molecular weight excluding hydrogens is 396 g/mol. The second-order valence-electron chi connectivity index (χ2n) is 5.97. The van der Waals surface area contributed by atoms with Crippen LogP contribution in [-0.4, -0.2) is 29.9 Å². The lowest BCUT2D eigenvalue weighted by Crippen LogP contribution is -2.02. The maximum Gasteiger partial charge on any atom is 0.237 e. The molecule has 0 saturated heterocycles. The maximum atomic E-state index is 6.20. The molecule has 9 heteroatoms. The molecule has 0 saturated carbocycles. The highest BCUT2D eigenvalue weighted by atomic mass is 35.5. The summed E-state index contributed by atoms with van der Waals surface area (Å²) < 4.78 is 7.48. The van der Waals surface area contributed by atoms with E-state index in [0.717, 1.165) is 35.1 Å². The summed E-state index contributed by atoms with van der Waals surface area (Å²) in [6.45, 7) is 2.94. The van der Waals surface area contributed by atoms with E-state index in [2.05, 4.69) is 36.8 Å². The van der Waals surface area contributed by atoms with Gasteiger partial charge in [-0.1, -0.05) is 47.6 Å². The second kappa shape index (κ2) is 8.53. The molecule has 0 aliphatic heterocycles. The van der Waals surface area contributed by atoms with Crippen molar-refractivity contribution in [3.8, 4) is 22.8 Å². The van der Waals surface area contributed by atoms with Crippen LogP contribution in [0.15, 0.2) is 58.5 Å². The van der Waals surface area contributed by atoms with Crippen LogP contribution in [0.1, 0.15) is 19.2 Å². The first kappa shape index (κ1) is 18.6. The minimum atomic E-state index is 0.480. The van der Waals surface area contributed by atoms with Crippen molar-refractivity contribution < 1.29 is 4.52 Å². The number of hydrogen-bond donors (Lipinski definition) is 0. The molecule has 3 heterocycles. The van der Waals surface area contributed by atoms with E-state index >= 15 is 0 Å². The summed E-state index contributed by atoms with van der Waals surface area (Å²) in [4.78, 5) is 8.51. The van der Waals surface area contributed by atoms with E-state index in [9.17, 15) is 0 Å². The zero-order valence-electron chi connectivity index (χ0n) is 15.1. The number of benzene rings is 1. The van der Waals surface area contributed by atoms with Crippen molar-refractivity contribution in [2.75, 3.05) is 0 Å². The van der Waals surface area contributed by atoms with E-state index in [-0.39, 0.29) is 0 Å². The lowest BCUT2D eigenvalue weighted by molar-refractivity contribution is 0.391. The van der Waals surface area contributed by atoms with E-state index in [1.165, 1.54) is 11.8 Å². The standard InChI is InChI=1S/C19H17ClN6OS/c1-2-11-26-18(13-7-9-21-10-8-13)23-24-19(26)28-12-16-22-17(25-27-16)14-5-3-4-6-15(14)20/h3-10H,2,11-12H2,1H3. The smallest absolute Gasteiger partial charge is 0.237 e. The molecule has 0 amide bonds. The van der Waals surface area contributed by atoms with Crippen LogP contribution in [-0.2, 0) is 12.3 Å². The van der Waals surface area contributed by atoms with Crippen LogP contribution in [0, 0.1) is 0 Å². The topological polar surface area (TPSA) is 82.5 Å². The van der Waals surface area contributed by atoms with Crippen molar-refractivity contribution in [2.24, 2.45) is 0 Å². The van der Waals surface area contributed by atoms with Gasteiger partial charge in [0, 0.05) is 30.1 Å². The molecule has 0 bridgehead atoms. The zero-order chi connectivity index (χ0) is 19.3. The van der Waals surface area contributed by atoms with Gasteiger partial charge in [-0.05, 0) is 30.7 Å². The Hall–Kier alpha value is -2.71. The Bertz CT molecular complexity index is 1070. The number of halogens is 1. The maximum absolute atomic E-state index is 6.20. The van der Waals surface area contributed by atoms with Crippen molar-refractivity contribution >= 4 is 23.4 Å². The number of rotatable bonds is 7. The van der Waals surface area contributed by atoms with Crippen molar-refractivity contribution in [3.63, 3.8) is 0 Å². The van der Waals surface area contributed by atoms with Gasteiger partial charge < -0.3 is 9.09 Å². The highest BCUT2D eigenvalue weighted by Gasteiger charge is 2.16. The van der Waals surface area contributed by atoms with E-state index in [4.69, 9.17) is 16.1 Å². The third kappa shape index (κ3) is 3.93. The molecule has 28 heavy (non-hydrogen) atoms. The minimum absolute atomic E-state index is 0.480. The van der Waals surface area contributed by atoms with Crippen LogP contribution >= 0.6 is 23.4 Å². The molecular formula is C19H17ClN6OS. The SMILES string of the molecule is CCCn1c(SCc2nc(-c3ccccc3Cl)no2)nnc1-c1ccncc1. The summed E-state index contributed by atoms with van der Waals surface area (Å²) in [5, 5.41) is 14.2. The lowest BCUT2D eigenvalue weighted by Gasteiger charge is -2.07. The fourth-order valence-corrected chi connectivity index (χ4v) is 3.75.